The molecule has 5 nitrogen and oxygen atoms in total. The molecule has 2 aromatic carbocycles. The van der Waals surface area contributed by atoms with Gasteiger partial charge >= 0.3 is 0 Å². The molecule has 0 aliphatic heterocycles. The van der Waals surface area contributed by atoms with E-state index in [-0.39, 0.29) is 5.91 Å². The van der Waals surface area contributed by atoms with Gasteiger partial charge in [0, 0.05) is 15.5 Å². The minimum Gasteiger partial charge on any atom is -0.382 e. The predicted octanol–water partition coefficient (Wildman–Crippen LogP) is 4.36. The van der Waals surface area contributed by atoms with Crippen molar-refractivity contribution in [1.82, 2.24) is 10.2 Å². The quantitative estimate of drug-likeness (QED) is 0.647. The fraction of sp³-hybridized carbons (Fsp3) is 0.0588. The zero-order chi connectivity index (χ0) is 17.1. The normalized spacial score (nSPS) is 10.6. The third kappa shape index (κ3) is 3.72. The fourth-order valence-electron chi connectivity index (χ4n) is 2.04. The predicted molar refractivity (Wildman–Crippen MR) is 97.7 cm³/mol. The molecule has 7 heteroatoms. The summed E-state index contributed by atoms with van der Waals surface area (Å²) in [6.07, 6.45) is 0. The number of rotatable bonds is 4. The van der Waals surface area contributed by atoms with Gasteiger partial charge in [-0.1, -0.05) is 41.1 Å². The number of benzene rings is 2. The number of nitrogens with one attached hydrogen (secondary N) is 2. The number of aryl methyl sites for hydroxylation is 1. The van der Waals surface area contributed by atoms with E-state index in [9.17, 15) is 4.79 Å². The summed E-state index contributed by atoms with van der Waals surface area (Å²) in [6, 6.07) is 14.7. The number of H-pyrrole nitrogens is 1. The lowest BCUT2D eigenvalue weighted by atomic mass is 10.1. The summed E-state index contributed by atoms with van der Waals surface area (Å²) in [6.45, 7) is 1.97. The van der Waals surface area contributed by atoms with Gasteiger partial charge in [0.05, 0.1) is 0 Å². The number of nitrogens with zero attached hydrogens (tertiary/aromatic N) is 1. The minimum absolute atomic E-state index is 0.235. The number of amides is 1. The molecule has 122 valence electrons. The molecule has 0 bridgehead atoms. The topological polar surface area (TPSA) is 83.8 Å². The molecule has 0 spiro atoms. The van der Waals surface area contributed by atoms with E-state index in [1.165, 1.54) is 11.8 Å². The van der Waals surface area contributed by atoms with Gasteiger partial charge in [0.15, 0.2) is 0 Å². The van der Waals surface area contributed by atoms with E-state index in [1.54, 1.807) is 24.3 Å². The molecule has 0 aliphatic carbocycles. The van der Waals surface area contributed by atoms with Gasteiger partial charge < -0.3 is 11.1 Å². The van der Waals surface area contributed by atoms with Crippen LogP contribution in [-0.4, -0.2) is 16.1 Å². The monoisotopic (exact) mass is 358 g/mol. The molecule has 1 amide bonds. The number of halogens is 1. The molecule has 0 atom stereocenters. The summed E-state index contributed by atoms with van der Waals surface area (Å²) < 4.78 is 0. The molecule has 3 rings (SSSR count). The van der Waals surface area contributed by atoms with Gasteiger partial charge in [-0.15, -0.1) is 0 Å². The highest BCUT2D eigenvalue weighted by Crippen LogP contribution is 2.35. The number of nitrogen functional groups attached to an aromatic ring is 1. The van der Waals surface area contributed by atoms with Crippen molar-refractivity contribution in [2.75, 3.05) is 11.1 Å². The van der Waals surface area contributed by atoms with Crippen LogP contribution in [0, 0.1) is 6.92 Å². The zero-order valence-electron chi connectivity index (χ0n) is 12.8. The Labute approximate surface area is 148 Å². The number of aromatic amines is 1. The SMILES string of the molecule is Cc1ccc(C(=O)Nc2c(Sc3ccc(Cl)cc3)n[nH]c2N)cc1. The number of hydrogen-bond donors (Lipinski definition) is 3. The second-order valence-corrected chi connectivity index (χ2v) is 6.69. The Morgan fingerprint density at radius 3 is 2.50 bits per heavy atom. The van der Waals surface area contributed by atoms with Crippen molar-refractivity contribution in [3.05, 3.63) is 64.7 Å². The lowest BCUT2D eigenvalue weighted by molar-refractivity contribution is 0.102. The van der Waals surface area contributed by atoms with Crippen molar-refractivity contribution in [2.24, 2.45) is 0 Å². The van der Waals surface area contributed by atoms with Gasteiger partial charge in [-0.3, -0.25) is 9.89 Å². The first kappa shape index (κ1) is 16.4. The maximum Gasteiger partial charge on any atom is 0.255 e. The third-order valence-corrected chi connectivity index (χ3v) is 4.59. The van der Waals surface area contributed by atoms with Crippen molar-refractivity contribution in [3.63, 3.8) is 0 Å². The van der Waals surface area contributed by atoms with E-state index in [0.717, 1.165) is 10.5 Å². The lowest BCUT2D eigenvalue weighted by Gasteiger charge is -2.07. The average molecular weight is 359 g/mol. The summed E-state index contributed by atoms with van der Waals surface area (Å²) >= 11 is 7.28. The van der Waals surface area contributed by atoms with Gasteiger partial charge in [-0.05, 0) is 43.3 Å². The van der Waals surface area contributed by atoms with Gasteiger partial charge in [0.25, 0.3) is 5.91 Å². The Balaban J connectivity index is 1.80. The maximum atomic E-state index is 12.4. The van der Waals surface area contributed by atoms with Crippen LogP contribution >= 0.6 is 23.4 Å². The number of hydrogen-bond acceptors (Lipinski definition) is 4. The van der Waals surface area contributed by atoms with Crippen LogP contribution in [0.1, 0.15) is 15.9 Å². The summed E-state index contributed by atoms with van der Waals surface area (Å²) in [4.78, 5) is 13.3. The molecule has 24 heavy (non-hydrogen) atoms. The highest BCUT2D eigenvalue weighted by atomic mass is 35.5. The second-order valence-electron chi connectivity index (χ2n) is 5.19. The van der Waals surface area contributed by atoms with Crippen molar-refractivity contribution < 1.29 is 4.79 Å². The first-order valence-corrected chi connectivity index (χ1v) is 8.37. The lowest BCUT2D eigenvalue weighted by Crippen LogP contribution is -2.13. The summed E-state index contributed by atoms with van der Waals surface area (Å²) in [5.74, 6) is 0.0768. The van der Waals surface area contributed by atoms with Gasteiger partial charge in [-0.25, -0.2) is 0 Å². The van der Waals surface area contributed by atoms with E-state index in [0.29, 0.717) is 27.1 Å². The summed E-state index contributed by atoms with van der Waals surface area (Å²) in [5.41, 5.74) is 8.03. The van der Waals surface area contributed by atoms with Crippen molar-refractivity contribution in [1.29, 1.82) is 0 Å². The Morgan fingerprint density at radius 2 is 1.83 bits per heavy atom. The van der Waals surface area contributed by atoms with E-state index >= 15 is 0 Å². The molecule has 1 heterocycles. The van der Waals surface area contributed by atoms with Gasteiger partial charge in [-0.2, -0.15) is 5.10 Å². The number of anilines is 2. The Bertz CT molecular complexity index is 859. The van der Waals surface area contributed by atoms with E-state index in [2.05, 4.69) is 15.5 Å². The Kier molecular flexibility index (Phi) is 4.78. The average Bonchev–Trinajstić information content (AvgIpc) is 2.91. The second kappa shape index (κ2) is 6.98. The van der Waals surface area contributed by atoms with Crippen LogP contribution in [0.3, 0.4) is 0 Å². The van der Waals surface area contributed by atoms with Gasteiger partial charge in [0.1, 0.15) is 16.5 Å². The number of nitrogens with two attached hydrogens (primary N) is 1. The van der Waals surface area contributed by atoms with Crippen molar-refractivity contribution in [3.8, 4) is 0 Å². The molecular formula is C17H15ClN4OS. The maximum absolute atomic E-state index is 12.4. The van der Waals surface area contributed by atoms with Crippen LogP contribution in [0.5, 0.6) is 0 Å². The Morgan fingerprint density at radius 1 is 1.17 bits per heavy atom. The van der Waals surface area contributed by atoms with Crippen LogP contribution < -0.4 is 11.1 Å². The molecule has 3 aromatic rings. The van der Waals surface area contributed by atoms with Crippen LogP contribution in [0.4, 0.5) is 11.5 Å². The van der Waals surface area contributed by atoms with Crippen molar-refractivity contribution >= 4 is 40.8 Å². The molecule has 0 saturated carbocycles. The van der Waals surface area contributed by atoms with Crippen LogP contribution in [0.2, 0.25) is 5.02 Å². The highest BCUT2D eigenvalue weighted by molar-refractivity contribution is 7.99. The first-order chi connectivity index (χ1) is 11.5. The Hall–Kier alpha value is -2.44. The van der Waals surface area contributed by atoms with Gasteiger partial charge in [0.2, 0.25) is 0 Å². The summed E-state index contributed by atoms with van der Waals surface area (Å²) in [5, 5.41) is 10.9. The number of carbonyl (C=O) groups is 1. The largest absolute Gasteiger partial charge is 0.382 e. The van der Waals surface area contributed by atoms with Crippen molar-refractivity contribution in [2.45, 2.75) is 16.8 Å². The molecule has 0 aliphatic rings. The van der Waals surface area contributed by atoms with Crippen LogP contribution in [-0.2, 0) is 0 Å². The molecular weight excluding hydrogens is 344 g/mol. The highest BCUT2D eigenvalue weighted by Gasteiger charge is 2.16. The first-order valence-electron chi connectivity index (χ1n) is 7.18. The smallest absolute Gasteiger partial charge is 0.255 e. The fourth-order valence-corrected chi connectivity index (χ4v) is 3.01. The minimum atomic E-state index is -0.235. The molecule has 0 fully saturated rings. The number of aromatic nitrogens is 2. The molecule has 1 aromatic heterocycles. The van der Waals surface area contributed by atoms with E-state index < -0.39 is 0 Å². The molecule has 4 N–H and O–H groups in total. The molecule has 0 saturated heterocycles. The summed E-state index contributed by atoms with van der Waals surface area (Å²) in [7, 11) is 0. The van der Waals surface area contributed by atoms with E-state index in [1.807, 2.05) is 31.2 Å². The molecule has 0 unspecified atom stereocenters. The van der Waals surface area contributed by atoms with Crippen LogP contribution in [0.15, 0.2) is 58.5 Å². The van der Waals surface area contributed by atoms with Crippen LogP contribution in [0.25, 0.3) is 0 Å². The third-order valence-electron chi connectivity index (χ3n) is 3.34. The standard InChI is InChI=1S/C17H15ClN4OS/c1-10-2-4-11(5-3-10)16(23)20-14-15(19)21-22-17(14)24-13-8-6-12(18)7-9-13/h2-9H,1H3,(H,20,23)(H3,19,21,22). The molecule has 0 radical (unpaired) electrons. The number of carbonyl (C=O) groups excluding carboxylic acids is 1. The van der Waals surface area contributed by atoms with E-state index in [4.69, 9.17) is 17.3 Å². The zero-order valence-corrected chi connectivity index (χ0v) is 14.4.